The van der Waals surface area contributed by atoms with Crippen molar-refractivity contribution < 1.29 is 4.79 Å². The Morgan fingerprint density at radius 3 is 2.62 bits per heavy atom. The zero-order valence-corrected chi connectivity index (χ0v) is 16.3. The number of aryl methyl sites for hydroxylation is 1. The molecule has 1 N–H and O–H groups in total. The van der Waals surface area contributed by atoms with Crippen LogP contribution in [-0.4, -0.2) is 25.9 Å². The highest BCUT2D eigenvalue weighted by molar-refractivity contribution is 8.00. The molecule has 0 aliphatic rings. The fraction of sp³-hybridized carbons (Fsp3) is 0.211. The molecule has 0 spiro atoms. The van der Waals surface area contributed by atoms with E-state index >= 15 is 0 Å². The number of hydrogen-bond acceptors (Lipinski definition) is 4. The van der Waals surface area contributed by atoms with Gasteiger partial charge in [0.25, 0.3) is 0 Å². The van der Waals surface area contributed by atoms with Gasteiger partial charge in [-0.25, -0.2) is 0 Å². The van der Waals surface area contributed by atoms with E-state index in [1.54, 1.807) is 24.3 Å². The molecule has 26 heavy (non-hydrogen) atoms. The summed E-state index contributed by atoms with van der Waals surface area (Å²) in [6.45, 7) is 3.88. The van der Waals surface area contributed by atoms with Crippen molar-refractivity contribution in [2.75, 3.05) is 5.32 Å². The maximum Gasteiger partial charge on any atom is 0.237 e. The van der Waals surface area contributed by atoms with Crippen LogP contribution >= 0.6 is 23.4 Å². The molecule has 0 fully saturated rings. The van der Waals surface area contributed by atoms with Crippen LogP contribution in [0.25, 0.3) is 11.4 Å². The number of benzene rings is 2. The average molecular weight is 387 g/mol. The first-order chi connectivity index (χ1) is 12.4. The van der Waals surface area contributed by atoms with E-state index in [0.29, 0.717) is 15.9 Å². The Bertz CT molecular complexity index is 924. The van der Waals surface area contributed by atoms with Crippen molar-refractivity contribution in [3.05, 3.63) is 59.1 Å². The van der Waals surface area contributed by atoms with Gasteiger partial charge in [0, 0.05) is 23.3 Å². The molecule has 5 nitrogen and oxygen atoms in total. The molecule has 1 heterocycles. The SMILES string of the molecule is Cc1ccc(-c2nnc(SC(C)C(=O)Nc3cccc(Cl)c3)n2C)cc1. The monoisotopic (exact) mass is 386 g/mol. The highest BCUT2D eigenvalue weighted by atomic mass is 35.5. The molecule has 0 bridgehead atoms. The second-order valence-electron chi connectivity index (χ2n) is 5.99. The molecule has 3 aromatic rings. The summed E-state index contributed by atoms with van der Waals surface area (Å²) in [6.07, 6.45) is 0. The number of thioether (sulfide) groups is 1. The lowest BCUT2D eigenvalue weighted by Crippen LogP contribution is -2.22. The molecular formula is C19H19ClN4OS. The van der Waals surface area contributed by atoms with Gasteiger partial charge in [-0.1, -0.05) is 59.3 Å². The summed E-state index contributed by atoms with van der Waals surface area (Å²) in [7, 11) is 1.90. The van der Waals surface area contributed by atoms with E-state index in [1.807, 2.05) is 49.7 Å². The van der Waals surface area contributed by atoms with Crippen LogP contribution in [0.5, 0.6) is 0 Å². The maximum absolute atomic E-state index is 12.4. The Kier molecular flexibility index (Phi) is 5.64. The Morgan fingerprint density at radius 1 is 1.19 bits per heavy atom. The molecule has 0 radical (unpaired) electrons. The van der Waals surface area contributed by atoms with Crippen LogP contribution in [0.2, 0.25) is 5.02 Å². The standard InChI is InChI=1S/C19H19ClN4OS/c1-12-7-9-14(10-8-12)17-22-23-19(24(17)3)26-13(2)18(25)21-16-6-4-5-15(20)11-16/h4-11,13H,1-3H3,(H,21,25). The molecule has 1 aromatic heterocycles. The number of nitrogens with zero attached hydrogens (tertiary/aromatic N) is 3. The molecule has 2 aromatic carbocycles. The zero-order chi connectivity index (χ0) is 18.7. The van der Waals surface area contributed by atoms with Gasteiger partial charge in [-0.15, -0.1) is 10.2 Å². The third-order valence-electron chi connectivity index (χ3n) is 3.89. The second-order valence-corrected chi connectivity index (χ2v) is 7.74. The first kappa shape index (κ1) is 18.5. The molecule has 3 rings (SSSR count). The molecule has 7 heteroatoms. The normalized spacial score (nSPS) is 12.0. The van der Waals surface area contributed by atoms with Crippen LogP contribution in [-0.2, 0) is 11.8 Å². The molecule has 1 atom stereocenters. The van der Waals surface area contributed by atoms with Crippen LogP contribution in [0.1, 0.15) is 12.5 Å². The van der Waals surface area contributed by atoms with E-state index in [2.05, 4.69) is 15.5 Å². The Morgan fingerprint density at radius 2 is 1.92 bits per heavy atom. The second kappa shape index (κ2) is 7.93. The summed E-state index contributed by atoms with van der Waals surface area (Å²) in [5, 5.41) is 12.3. The van der Waals surface area contributed by atoms with Crippen LogP contribution in [0.3, 0.4) is 0 Å². The van der Waals surface area contributed by atoms with E-state index < -0.39 is 0 Å². The first-order valence-electron chi connectivity index (χ1n) is 8.13. The zero-order valence-electron chi connectivity index (χ0n) is 14.7. The van der Waals surface area contributed by atoms with Gasteiger partial charge in [-0.2, -0.15) is 0 Å². The van der Waals surface area contributed by atoms with Crippen molar-refractivity contribution in [3.8, 4) is 11.4 Å². The molecule has 0 saturated carbocycles. The van der Waals surface area contributed by atoms with E-state index in [1.165, 1.54) is 17.3 Å². The largest absolute Gasteiger partial charge is 0.325 e. The lowest BCUT2D eigenvalue weighted by molar-refractivity contribution is -0.115. The molecule has 1 unspecified atom stereocenters. The first-order valence-corrected chi connectivity index (χ1v) is 9.39. The predicted molar refractivity (Wildman–Crippen MR) is 107 cm³/mol. The summed E-state index contributed by atoms with van der Waals surface area (Å²) in [6, 6.07) is 15.2. The van der Waals surface area contributed by atoms with Gasteiger partial charge in [0.15, 0.2) is 11.0 Å². The van der Waals surface area contributed by atoms with Crippen LogP contribution < -0.4 is 5.32 Å². The number of carbonyl (C=O) groups is 1. The van der Waals surface area contributed by atoms with Crippen molar-refractivity contribution in [2.45, 2.75) is 24.3 Å². The maximum atomic E-state index is 12.4. The Hall–Kier alpha value is -2.31. The van der Waals surface area contributed by atoms with Crippen molar-refractivity contribution in [3.63, 3.8) is 0 Å². The van der Waals surface area contributed by atoms with Gasteiger partial charge >= 0.3 is 0 Å². The predicted octanol–water partition coefficient (Wildman–Crippen LogP) is 4.56. The van der Waals surface area contributed by atoms with E-state index in [-0.39, 0.29) is 11.2 Å². The summed E-state index contributed by atoms with van der Waals surface area (Å²) >= 11 is 7.32. The van der Waals surface area contributed by atoms with E-state index in [0.717, 1.165) is 11.4 Å². The highest BCUT2D eigenvalue weighted by Crippen LogP contribution is 2.26. The number of hydrogen-bond donors (Lipinski definition) is 1. The summed E-state index contributed by atoms with van der Waals surface area (Å²) < 4.78 is 1.90. The van der Waals surface area contributed by atoms with Crippen LogP contribution in [0, 0.1) is 6.92 Å². The highest BCUT2D eigenvalue weighted by Gasteiger charge is 2.19. The van der Waals surface area contributed by atoms with Gasteiger partial charge in [-0.05, 0) is 32.0 Å². The minimum Gasteiger partial charge on any atom is -0.325 e. The number of anilines is 1. The minimum atomic E-state index is -0.331. The third-order valence-corrected chi connectivity index (χ3v) is 5.26. The number of halogens is 1. The van der Waals surface area contributed by atoms with Crippen molar-refractivity contribution in [1.82, 2.24) is 14.8 Å². The van der Waals surface area contributed by atoms with Gasteiger partial charge in [0.2, 0.25) is 5.91 Å². The molecule has 134 valence electrons. The fourth-order valence-corrected chi connectivity index (χ4v) is 3.40. The molecule has 0 saturated heterocycles. The average Bonchev–Trinajstić information content (AvgIpc) is 2.96. The fourth-order valence-electron chi connectivity index (χ4n) is 2.39. The van der Waals surface area contributed by atoms with Gasteiger partial charge in [0.05, 0.1) is 5.25 Å². The summed E-state index contributed by atoms with van der Waals surface area (Å²) in [5.41, 5.74) is 2.86. The topological polar surface area (TPSA) is 59.8 Å². The van der Waals surface area contributed by atoms with Gasteiger partial charge in [-0.3, -0.25) is 4.79 Å². The van der Waals surface area contributed by atoms with Gasteiger partial charge in [0.1, 0.15) is 0 Å². The van der Waals surface area contributed by atoms with E-state index in [9.17, 15) is 4.79 Å². The number of nitrogens with one attached hydrogen (secondary N) is 1. The molecule has 1 amide bonds. The van der Waals surface area contributed by atoms with E-state index in [4.69, 9.17) is 11.6 Å². The van der Waals surface area contributed by atoms with Gasteiger partial charge < -0.3 is 9.88 Å². The number of amides is 1. The molecule has 0 aliphatic carbocycles. The number of aromatic nitrogens is 3. The lowest BCUT2D eigenvalue weighted by atomic mass is 10.1. The Balaban J connectivity index is 1.70. The third kappa shape index (κ3) is 4.26. The lowest BCUT2D eigenvalue weighted by Gasteiger charge is -2.12. The Labute approximate surface area is 161 Å². The molecule has 0 aliphatic heterocycles. The minimum absolute atomic E-state index is 0.114. The smallest absolute Gasteiger partial charge is 0.237 e. The van der Waals surface area contributed by atoms with Crippen molar-refractivity contribution in [1.29, 1.82) is 0 Å². The quantitative estimate of drug-likeness (QED) is 0.653. The van der Waals surface area contributed by atoms with Crippen LogP contribution in [0.15, 0.2) is 53.7 Å². The van der Waals surface area contributed by atoms with Crippen molar-refractivity contribution >= 4 is 35.0 Å². The molecular weight excluding hydrogens is 368 g/mol. The number of rotatable bonds is 5. The van der Waals surface area contributed by atoms with Crippen molar-refractivity contribution in [2.24, 2.45) is 7.05 Å². The summed E-state index contributed by atoms with van der Waals surface area (Å²) in [5.74, 6) is 0.659. The number of carbonyl (C=O) groups excluding carboxylic acids is 1. The summed E-state index contributed by atoms with van der Waals surface area (Å²) in [4.78, 5) is 12.4. The van der Waals surface area contributed by atoms with Crippen LogP contribution in [0.4, 0.5) is 5.69 Å².